The summed E-state index contributed by atoms with van der Waals surface area (Å²) in [6, 6.07) is 13.5. The third-order valence-electron chi connectivity index (χ3n) is 9.29. The standard InChI is InChI=1S/C35H56O4Si/c1-14-35(15-2,29-19-20-30(26(4)23-29)38-24-32(36)37-11)28-18-16-27(25(3)22-28)17-21-31(33(5,6)7)39-40(12,13)34(8,9)10/h16,18-20,22-23,31H,14-15,17,21,24H2,1-13H3. The summed E-state index contributed by atoms with van der Waals surface area (Å²) in [7, 11) is -0.492. The van der Waals surface area contributed by atoms with Gasteiger partial charge >= 0.3 is 5.97 Å². The van der Waals surface area contributed by atoms with E-state index in [2.05, 4.69) is 106 Å². The van der Waals surface area contributed by atoms with Gasteiger partial charge in [-0.3, -0.25) is 0 Å². The SMILES string of the molecule is CCC(CC)(c1ccc(CCC(O[Si](C)(C)C(C)(C)C)C(C)(C)C)c(C)c1)c1ccc(OCC(=O)OC)c(C)c1. The number of ether oxygens (including phenoxy) is 2. The van der Waals surface area contributed by atoms with Crippen LogP contribution in [0.4, 0.5) is 0 Å². The van der Waals surface area contributed by atoms with Gasteiger partial charge in [-0.15, -0.1) is 0 Å². The Kier molecular flexibility index (Phi) is 11.3. The molecule has 0 radical (unpaired) electrons. The molecular formula is C35H56O4Si. The lowest BCUT2D eigenvalue weighted by molar-refractivity contribution is -0.142. The molecule has 0 saturated carbocycles. The number of carbonyl (C=O) groups is 1. The van der Waals surface area contributed by atoms with Gasteiger partial charge in [0.15, 0.2) is 14.9 Å². The van der Waals surface area contributed by atoms with Crippen LogP contribution in [0.15, 0.2) is 36.4 Å². The van der Waals surface area contributed by atoms with E-state index in [1.54, 1.807) is 0 Å². The lowest BCUT2D eigenvalue weighted by Crippen LogP contribution is -2.47. The molecule has 0 aromatic heterocycles. The zero-order chi connectivity index (χ0) is 30.5. The van der Waals surface area contributed by atoms with Crippen LogP contribution in [0.5, 0.6) is 5.75 Å². The maximum atomic E-state index is 11.5. The molecule has 5 heteroatoms. The molecule has 0 aliphatic carbocycles. The van der Waals surface area contributed by atoms with E-state index in [0.717, 1.165) is 37.0 Å². The van der Waals surface area contributed by atoms with E-state index >= 15 is 0 Å². The van der Waals surface area contributed by atoms with E-state index in [0.29, 0.717) is 0 Å². The summed E-state index contributed by atoms with van der Waals surface area (Å²) < 4.78 is 17.4. The van der Waals surface area contributed by atoms with E-state index in [1.807, 2.05) is 13.0 Å². The number of benzene rings is 2. The van der Waals surface area contributed by atoms with Gasteiger partial charge in [0.1, 0.15) is 5.75 Å². The molecule has 2 rings (SSSR count). The summed E-state index contributed by atoms with van der Waals surface area (Å²) >= 11 is 0. The fourth-order valence-corrected chi connectivity index (χ4v) is 6.84. The van der Waals surface area contributed by atoms with Crippen molar-refractivity contribution < 1.29 is 18.7 Å². The van der Waals surface area contributed by atoms with Gasteiger partial charge in [-0.25, -0.2) is 4.79 Å². The van der Waals surface area contributed by atoms with Gasteiger partial charge in [-0.05, 0) is 97.0 Å². The minimum Gasteiger partial charge on any atom is -0.482 e. The third-order valence-corrected chi connectivity index (χ3v) is 13.8. The summed E-state index contributed by atoms with van der Waals surface area (Å²) in [5.74, 6) is 0.339. The molecule has 0 amide bonds. The largest absolute Gasteiger partial charge is 0.482 e. The van der Waals surface area contributed by atoms with E-state index in [9.17, 15) is 4.79 Å². The highest BCUT2D eigenvalue weighted by atomic mass is 28.4. The predicted octanol–water partition coefficient (Wildman–Crippen LogP) is 9.33. The van der Waals surface area contributed by atoms with Crippen LogP contribution in [0, 0.1) is 19.3 Å². The molecule has 0 aliphatic rings. The van der Waals surface area contributed by atoms with Gasteiger partial charge in [0.25, 0.3) is 0 Å². The molecule has 0 spiro atoms. The van der Waals surface area contributed by atoms with Gasteiger partial charge in [0.05, 0.1) is 13.2 Å². The van der Waals surface area contributed by atoms with Gasteiger partial charge in [-0.1, -0.05) is 85.7 Å². The van der Waals surface area contributed by atoms with Gasteiger partial charge in [0.2, 0.25) is 0 Å². The van der Waals surface area contributed by atoms with Crippen molar-refractivity contribution in [1.29, 1.82) is 0 Å². The number of esters is 1. The van der Waals surface area contributed by atoms with Crippen molar-refractivity contribution in [2.75, 3.05) is 13.7 Å². The summed E-state index contributed by atoms with van der Waals surface area (Å²) in [5, 5.41) is 0.196. The summed E-state index contributed by atoms with van der Waals surface area (Å²) in [4.78, 5) is 11.5. The fourth-order valence-electron chi connectivity index (χ4n) is 5.30. The Hall–Kier alpha value is -2.11. The maximum absolute atomic E-state index is 11.5. The van der Waals surface area contributed by atoms with Crippen LogP contribution in [0.25, 0.3) is 0 Å². The fraction of sp³-hybridized carbons (Fsp3) is 0.629. The van der Waals surface area contributed by atoms with Crippen molar-refractivity contribution in [2.45, 2.75) is 125 Å². The topological polar surface area (TPSA) is 44.8 Å². The number of rotatable bonds is 12. The number of carbonyl (C=O) groups excluding carboxylic acids is 1. The first-order valence-corrected chi connectivity index (χ1v) is 17.9. The molecule has 0 heterocycles. The van der Waals surface area contributed by atoms with Crippen LogP contribution < -0.4 is 4.74 Å². The average molecular weight is 569 g/mol. The Morgan fingerprint density at radius 1 is 0.875 bits per heavy atom. The Bertz CT molecular complexity index is 1130. The molecule has 0 N–H and O–H groups in total. The smallest absolute Gasteiger partial charge is 0.343 e. The third kappa shape index (κ3) is 8.00. The molecule has 1 unspecified atom stereocenters. The van der Waals surface area contributed by atoms with Crippen LogP contribution in [0.2, 0.25) is 18.1 Å². The van der Waals surface area contributed by atoms with Crippen molar-refractivity contribution in [3.05, 3.63) is 64.2 Å². The van der Waals surface area contributed by atoms with Crippen molar-refractivity contribution in [3.8, 4) is 5.75 Å². The normalized spacial score (nSPS) is 13.7. The van der Waals surface area contributed by atoms with E-state index in [-0.39, 0.29) is 34.5 Å². The Balaban J connectivity index is 2.33. The Morgan fingerprint density at radius 3 is 1.88 bits per heavy atom. The van der Waals surface area contributed by atoms with Crippen LogP contribution in [-0.4, -0.2) is 34.1 Å². The molecule has 0 bridgehead atoms. The van der Waals surface area contributed by atoms with Crippen molar-refractivity contribution in [1.82, 2.24) is 0 Å². The first-order valence-electron chi connectivity index (χ1n) is 15.0. The maximum Gasteiger partial charge on any atom is 0.343 e. The summed E-state index contributed by atoms with van der Waals surface area (Å²) in [5.41, 5.74) is 6.41. The van der Waals surface area contributed by atoms with Gasteiger partial charge in [-0.2, -0.15) is 0 Å². The monoisotopic (exact) mass is 568 g/mol. The molecule has 2 aromatic carbocycles. The minimum absolute atomic E-state index is 0.0823. The Labute approximate surface area is 246 Å². The molecule has 1 atom stereocenters. The molecule has 224 valence electrons. The van der Waals surface area contributed by atoms with Crippen LogP contribution >= 0.6 is 0 Å². The lowest BCUT2D eigenvalue weighted by atomic mass is 9.69. The second kappa shape index (κ2) is 13.2. The van der Waals surface area contributed by atoms with E-state index in [1.165, 1.54) is 29.4 Å². The zero-order valence-corrected chi connectivity index (χ0v) is 28.7. The first-order chi connectivity index (χ1) is 18.4. The van der Waals surface area contributed by atoms with Crippen LogP contribution in [-0.2, 0) is 25.8 Å². The van der Waals surface area contributed by atoms with Crippen molar-refractivity contribution >= 4 is 14.3 Å². The minimum atomic E-state index is -1.86. The van der Waals surface area contributed by atoms with Crippen molar-refractivity contribution in [3.63, 3.8) is 0 Å². The molecule has 0 fully saturated rings. The quantitative estimate of drug-likeness (QED) is 0.189. The van der Waals surface area contributed by atoms with Crippen LogP contribution in [0.1, 0.15) is 102 Å². The highest BCUT2D eigenvalue weighted by molar-refractivity contribution is 6.74. The summed E-state index contributed by atoms with van der Waals surface area (Å²) in [6.45, 7) is 27.4. The predicted molar refractivity (Wildman–Crippen MR) is 171 cm³/mol. The highest BCUT2D eigenvalue weighted by Gasteiger charge is 2.41. The highest BCUT2D eigenvalue weighted by Crippen LogP contribution is 2.42. The van der Waals surface area contributed by atoms with Crippen molar-refractivity contribution in [2.24, 2.45) is 5.41 Å². The van der Waals surface area contributed by atoms with Gasteiger partial charge < -0.3 is 13.9 Å². The van der Waals surface area contributed by atoms with E-state index < -0.39 is 8.32 Å². The molecule has 40 heavy (non-hydrogen) atoms. The van der Waals surface area contributed by atoms with Gasteiger partial charge in [0, 0.05) is 5.41 Å². The van der Waals surface area contributed by atoms with Crippen LogP contribution in [0.3, 0.4) is 0 Å². The number of hydrogen-bond acceptors (Lipinski definition) is 4. The molecule has 0 saturated heterocycles. The second-order valence-electron chi connectivity index (χ2n) is 14.0. The first kappa shape index (κ1) is 34.1. The molecule has 2 aromatic rings. The zero-order valence-electron chi connectivity index (χ0n) is 27.7. The molecule has 0 aliphatic heterocycles. The molecular weight excluding hydrogens is 512 g/mol. The number of aryl methyl sites for hydroxylation is 3. The lowest BCUT2D eigenvalue weighted by Gasteiger charge is -2.43. The summed E-state index contributed by atoms with van der Waals surface area (Å²) in [6.07, 6.45) is 4.25. The number of hydrogen-bond donors (Lipinski definition) is 0. The Morgan fingerprint density at radius 2 is 1.43 bits per heavy atom. The molecule has 4 nitrogen and oxygen atoms in total. The second-order valence-corrected chi connectivity index (χ2v) is 18.8. The average Bonchev–Trinajstić information content (AvgIpc) is 2.86. The van der Waals surface area contributed by atoms with E-state index in [4.69, 9.17) is 13.9 Å². The number of methoxy groups -OCH3 is 1.